The van der Waals surface area contributed by atoms with Gasteiger partial charge in [-0.15, -0.1) is 0 Å². The molecule has 0 bridgehead atoms. The maximum atomic E-state index is 10.0. The van der Waals surface area contributed by atoms with E-state index in [1.807, 2.05) is 0 Å². The highest BCUT2D eigenvalue weighted by molar-refractivity contribution is 7.46. The number of halogens is 1. The van der Waals surface area contributed by atoms with Crippen LogP contribution in [0.5, 0.6) is 0 Å². The van der Waals surface area contributed by atoms with Crippen molar-refractivity contribution in [3.63, 3.8) is 0 Å². The second-order valence-electron chi connectivity index (χ2n) is 1.08. The smallest absolute Gasteiger partial charge is 0.205 e. The highest BCUT2D eigenvalue weighted by Crippen LogP contribution is 2.08. The van der Waals surface area contributed by atoms with E-state index in [1.54, 1.807) is 6.07 Å². The van der Waals surface area contributed by atoms with E-state index in [-0.39, 0.29) is 8.46 Å². The van der Waals surface area contributed by atoms with Crippen LogP contribution in [0.3, 0.4) is 0 Å². The Labute approximate surface area is 56.9 Å². The molecule has 8 heavy (non-hydrogen) atoms. The third-order valence-corrected chi connectivity index (χ3v) is 2.22. The van der Waals surface area contributed by atoms with E-state index in [9.17, 15) is 4.57 Å². The first-order valence-electron chi connectivity index (χ1n) is 1.78. The third kappa shape index (κ3) is 1.25. The molecule has 1 aromatic heterocycles. The molecule has 0 aliphatic rings. The molecule has 2 nitrogen and oxygen atoms in total. The van der Waals surface area contributed by atoms with Gasteiger partial charge in [0.1, 0.15) is 9.77 Å². The first kappa shape index (κ1) is 6.14. The third-order valence-electron chi connectivity index (χ3n) is 0.559. The Kier molecular flexibility index (Phi) is 1.95. The summed E-state index contributed by atoms with van der Waals surface area (Å²) in [5, 5.41) is 0.411. The zero-order valence-electron chi connectivity index (χ0n) is 3.67. The maximum absolute atomic E-state index is 10.0. The van der Waals surface area contributed by atoms with Crippen LogP contribution in [-0.4, -0.2) is 4.37 Å². The van der Waals surface area contributed by atoms with Crippen molar-refractivity contribution in [3.8, 4) is 0 Å². The Hall–Kier alpha value is 0.0200. The van der Waals surface area contributed by atoms with Crippen molar-refractivity contribution in [2.45, 2.75) is 0 Å². The molecule has 0 N–H and O–H groups in total. The zero-order chi connectivity index (χ0) is 5.98. The highest BCUT2D eigenvalue weighted by Gasteiger charge is 1.95. The first-order chi connectivity index (χ1) is 3.83. The predicted molar refractivity (Wildman–Crippen MR) is 34.4 cm³/mol. The van der Waals surface area contributed by atoms with Gasteiger partial charge in [0.2, 0.25) is 8.46 Å². The van der Waals surface area contributed by atoms with Gasteiger partial charge >= 0.3 is 0 Å². The Morgan fingerprint density at radius 3 is 2.88 bits per heavy atom. The van der Waals surface area contributed by atoms with Crippen molar-refractivity contribution in [2.24, 2.45) is 0 Å². The fraction of sp³-hybridized carbons (Fsp3) is 0. The molecule has 0 fully saturated rings. The lowest BCUT2D eigenvalue weighted by atomic mass is 10.8. The lowest BCUT2D eigenvalue weighted by Crippen LogP contribution is -1.73. The summed E-state index contributed by atoms with van der Waals surface area (Å²) in [6.45, 7) is 0. The van der Waals surface area contributed by atoms with Crippen LogP contribution in [0.1, 0.15) is 0 Å². The summed E-state index contributed by atoms with van der Waals surface area (Å²) in [7, 11) is -0.00818. The average Bonchev–Trinajstić information content (AvgIpc) is 2.14. The zero-order valence-corrected chi connectivity index (χ0v) is 6.13. The number of hydrogen-bond acceptors (Lipinski definition) is 3. The molecule has 1 aromatic rings. The molecule has 0 saturated carbocycles. The van der Waals surface area contributed by atoms with Crippen LogP contribution in [0.2, 0.25) is 5.15 Å². The van der Waals surface area contributed by atoms with Crippen molar-refractivity contribution in [3.05, 3.63) is 11.2 Å². The maximum Gasteiger partial charge on any atom is 0.205 e. The van der Waals surface area contributed by atoms with Crippen LogP contribution in [0, 0.1) is 0 Å². The summed E-state index contributed by atoms with van der Waals surface area (Å²) < 4.78 is 14.4. The van der Waals surface area contributed by atoms with E-state index < -0.39 is 0 Å². The molecule has 0 unspecified atom stereocenters. The van der Waals surface area contributed by atoms with Crippen molar-refractivity contribution >= 4 is 36.2 Å². The molecule has 0 aliphatic carbocycles. The van der Waals surface area contributed by atoms with E-state index in [0.29, 0.717) is 9.77 Å². The molecule has 0 aromatic carbocycles. The Morgan fingerprint density at radius 1 is 1.88 bits per heavy atom. The lowest BCUT2D eigenvalue weighted by Gasteiger charge is -1.63. The van der Waals surface area contributed by atoms with E-state index in [1.165, 1.54) is 0 Å². The molecule has 1 rings (SSSR count). The van der Waals surface area contributed by atoms with E-state index in [0.717, 1.165) is 11.5 Å². The van der Waals surface area contributed by atoms with Gasteiger partial charge in [0, 0.05) is 6.07 Å². The van der Waals surface area contributed by atoms with E-state index in [4.69, 9.17) is 11.6 Å². The van der Waals surface area contributed by atoms with Crippen LogP contribution < -0.4 is 4.62 Å². The van der Waals surface area contributed by atoms with Crippen molar-refractivity contribution < 1.29 is 4.57 Å². The topological polar surface area (TPSA) is 30.0 Å². The van der Waals surface area contributed by atoms with Gasteiger partial charge in [-0.25, -0.2) is 0 Å². The van der Waals surface area contributed by atoms with Crippen LogP contribution >= 0.6 is 31.6 Å². The fourth-order valence-corrected chi connectivity index (χ4v) is 1.47. The standard InChI is InChI=1S/C3HClNOPS/c4-2-1-3(7-6)8-5-2/h1H. The average molecular weight is 166 g/mol. The van der Waals surface area contributed by atoms with Crippen LogP contribution in [0.15, 0.2) is 6.07 Å². The molecule has 5 heteroatoms. The Balaban J connectivity index is 3.00. The monoisotopic (exact) mass is 165 g/mol. The minimum absolute atomic E-state index is 0.00818. The van der Waals surface area contributed by atoms with Crippen LogP contribution in [0.4, 0.5) is 0 Å². The molecule has 0 amide bonds. The number of nitrogens with zero attached hydrogens (tertiary/aromatic N) is 1. The molecular formula is C3HClNOPS. The summed E-state index contributed by atoms with van der Waals surface area (Å²) in [6, 6.07) is 1.57. The summed E-state index contributed by atoms with van der Waals surface area (Å²) in [5.41, 5.74) is 0. The van der Waals surface area contributed by atoms with Gasteiger partial charge in [-0.1, -0.05) is 11.6 Å². The molecule has 0 spiro atoms. The fourth-order valence-electron chi connectivity index (χ4n) is 0.288. The first-order valence-corrected chi connectivity index (χ1v) is 3.75. The quantitative estimate of drug-likeness (QED) is 0.593. The normalized spacial score (nSPS) is 10.1. The number of aromatic nitrogens is 1. The van der Waals surface area contributed by atoms with Crippen molar-refractivity contribution in [2.75, 3.05) is 0 Å². The molecule has 0 radical (unpaired) electrons. The van der Waals surface area contributed by atoms with Gasteiger partial charge in [-0.2, -0.15) is 4.37 Å². The van der Waals surface area contributed by atoms with Crippen molar-refractivity contribution in [1.82, 2.24) is 4.37 Å². The SMILES string of the molecule is O=Pc1cc(Cl)ns1. The van der Waals surface area contributed by atoms with Gasteiger partial charge in [0.15, 0.2) is 0 Å². The van der Waals surface area contributed by atoms with Crippen LogP contribution in [0.25, 0.3) is 0 Å². The largest absolute Gasteiger partial charge is 0.268 e. The molecule has 0 saturated heterocycles. The number of hydrogen-bond donors (Lipinski definition) is 0. The number of rotatable bonds is 1. The van der Waals surface area contributed by atoms with Gasteiger partial charge in [-0.3, -0.25) is 4.57 Å². The van der Waals surface area contributed by atoms with Gasteiger partial charge < -0.3 is 0 Å². The summed E-state index contributed by atoms with van der Waals surface area (Å²) >= 11 is 6.54. The van der Waals surface area contributed by atoms with Crippen LogP contribution in [-0.2, 0) is 4.57 Å². The summed E-state index contributed by atoms with van der Waals surface area (Å²) in [5.74, 6) is 0. The second kappa shape index (κ2) is 2.53. The minimum atomic E-state index is -0.00818. The van der Waals surface area contributed by atoms with Crippen molar-refractivity contribution in [1.29, 1.82) is 0 Å². The molecule has 1 heterocycles. The highest BCUT2D eigenvalue weighted by atomic mass is 35.5. The second-order valence-corrected chi connectivity index (χ2v) is 3.24. The molecule has 0 atom stereocenters. The lowest BCUT2D eigenvalue weighted by molar-refractivity contribution is 0.603. The van der Waals surface area contributed by atoms with Gasteiger partial charge in [-0.05, 0) is 11.5 Å². The van der Waals surface area contributed by atoms with E-state index in [2.05, 4.69) is 4.37 Å². The Morgan fingerprint density at radius 2 is 2.62 bits per heavy atom. The summed E-state index contributed by atoms with van der Waals surface area (Å²) in [6.07, 6.45) is 0. The van der Waals surface area contributed by atoms with Gasteiger partial charge in [0.25, 0.3) is 0 Å². The molecule has 42 valence electrons. The minimum Gasteiger partial charge on any atom is -0.268 e. The van der Waals surface area contributed by atoms with Gasteiger partial charge in [0.05, 0.1) is 0 Å². The summed E-state index contributed by atoms with van der Waals surface area (Å²) in [4.78, 5) is 0. The van der Waals surface area contributed by atoms with E-state index >= 15 is 0 Å². The molecule has 0 aliphatic heterocycles. The predicted octanol–water partition coefficient (Wildman–Crippen LogP) is 1.71. The molecular weight excluding hydrogens is 165 g/mol. The Bertz CT molecular complexity index is 201.